The summed E-state index contributed by atoms with van der Waals surface area (Å²) < 4.78 is 0. The van der Waals surface area contributed by atoms with Crippen LogP contribution < -0.4 is 16.0 Å². The summed E-state index contributed by atoms with van der Waals surface area (Å²) in [6.45, 7) is 4.51. The molecule has 3 N–H and O–H groups in total. The first-order chi connectivity index (χ1) is 11.3. The largest absolute Gasteiger partial charge is 0.357 e. The number of anilines is 1. The zero-order valence-electron chi connectivity index (χ0n) is 13.8. The van der Waals surface area contributed by atoms with Gasteiger partial charge in [0.1, 0.15) is 0 Å². The number of nitrogens with zero attached hydrogens (tertiary/aromatic N) is 1. The second-order valence-corrected chi connectivity index (χ2v) is 6.41. The highest BCUT2D eigenvalue weighted by Crippen LogP contribution is 2.32. The van der Waals surface area contributed by atoms with Crippen molar-refractivity contribution in [1.82, 2.24) is 10.6 Å². The van der Waals surface area contributed by atoms with Gasteiger partial charge in [0.25, 0.3) is 0 Å². The summed E-state index contributed by atoms with van der Waals surface area (Å²) in [6.07, 6.45) is 4.48. The van der Waals surface area contributed by atoms with Crippen molar-refractivity contribution >= 4 is 17.6 Å². The molecule has 2 aliphatic rings. The Balaban J connectivity index is 1.62. The number of hydrogen-bond acceptors (Lipinski definition) is 2. The first-order valence-corrected chi connectivity index (χ1v) is 8.67. The fourth-order valence-corrected chi connectivity index (χ4v) is 3.01. The molecule has 1 atom stereocenters. The Morgan fingerprint density at radius 3 is 2.91 bits per heavy atom. The summed E-state index contributed by atoms with van der Waals surface area (Å²) in [5, 5.41) is 9.63. The molecule has 23 heavy (non-hydrogen) atoms. The molecule has 3 rings (SSSR count). The van der Waals surface area contributed by atoms with Gasteiger partial charge in [-0.1, -0.05) is 31.0 Å². The number of para-hydroxylation sites is 1. The number of rotatable bonds is 6. The molecular formula is C18H26N4O. The summed E-state index contributed by atoms with van der Waals surface area (Å²) in [7, 11) is 0. The van der Waals surface area contributed by atoms with E-state index in [9.17, 15) is 4.79 Å². The van der Waals surface area contributed by atoms with Crippen molar-refractivity contribution in [3.8, 4) is 0 Å². The number of amides is 1. The van der Waals surface area contributed by atoms with Gasteiger partial charge in [0.15, 0.2) is 5.96 Å². The lowest BCUT2D eigenvalue weighted by Crippen LogP contribution is -2.38. The smallest absolute Gasteiger partial charge is 0.225 e. The quantitative estimate of drug-likeness (QED) is 0.558. The van der Waals surface area contributed by atoms with Gasteiger partial charge in [-0.15, -0.1) is 0 Å². The van der Waals surface area contributed by atoms with Crippen LogP contribution in [0.2, 0.25) is 0 Å². The summed E-state index contributed by atoms with van der Waals surface area (Å²) in [5.74, 6) is 2.00. The maximum Gasteiger partial charge on any atom is 0.225 e. The SMILES string of the molecule is CCNC(=NCC1CC(=O)Nc2ccccc21)NCCC1CC1. The van der Waals surface area contributed by atoms with Gasteiger partial charge in [-0.3, -0.25) is 9.79 Å². The highest BCUT2D eigenvalue weighted by molar-refractivity contribution is 5.94. The van der Waals surface area contributed by atoms with Crippen LogP contribution in [0.4, 0.5) is 5.69 Å². The van der Waals surface area contributed by atoms with Crippen molar-refractivity contribution in [3.63, 3.8) is 0 Å². The fraction of sp³-hybridized carbons (Fsp3) is 0.556. The van der Waals surface area contributed by atoms with Gasteiger partial charge in [-0.2, -0.15) is 0 Å². The molecule has 1 aromatic carbocycles. The maximum atomic E-state index is 11.9. The Morgan fingerprint density at radius 1 is 1.30 bits per heavy atom. The highest BCUT2D eigenvalue weighted by atomic mass is 16.1. The Kier molecular flexibility index (Phi) is 5.16. The third kappa shape index (κ3) is 4.47. The number of carbonyl (C=O) groups is 1. The Bertz CT molecular complexity index is 580. The highest BCUT2D eigenvalue weighted by Gasteiger charge is 2.24. The summed E-state index contributed by atoms with van der Waals surface area (Å²) in [6, 6.07) is 8.02. The van der Waals surface area contributed by atoms with E-state index in [1.165, 1.54) is 24.8 Å². The monoisotopic (exact) mass is 314 g/mol. The van der Waals surface area contributed by atoms with Gasteiger partial charge in [0, 0.05) is 31.1 Å². The number of nitrogens with one attached hydrogen (secondary N) is 3. The third-order valence-electron chi connectivity index (χ3n) is 4.46. The standard InChI is InChI=1S/C18H26N4O/c1-2-19-18(20-10-9-13-7-8-13)21-12-14-11-17(23)22-16-6-4-3-5-15(14)16/h3-6,13-14H,2,7-12H2,1H3,(H,22,23)(H2,19,20,21). The number of guanidine groups is 1. The zero-order chi connectivity index (χ0) is 16.1. The van der Waals surface area contributed by atoms with E-state index in [-0.39, 0.29) is 11.8 Å². The van der Waals surface area contributed by atoms with Crippen LogP contribution in [0.15, 0.2) is 29.3 Å². The van der Waals surface area contributed by atoms with E-state index in [2.05, 4.69) is 28.9 Å². The zero-order valence-corrected chi connectivity index (χ0v) is 13.8. The molecule has 0 saturated heterocycles. The van der Waals surface area contributed by atoms with Crippen LogP contribution in [0.5, 0.6) is 0 Å². The van der Waals surface area contributed by atoms with Crippen LogP contribution >= 0.6 is 0 Å². The Morgan fingerprint density at radius 2 is 2.13 bits per heavy atom. The number of fused-ring (bicyclic) bond motifs is 1. The van der Waals surface area contributed by atoms with Crippen LogP contribution in [-0.4, -0.2) is 31.5 Å². The van der Waals surface area contributed by atoms with Gasteiger partial charge < -0.3 is 16.0 Å². The molecule has 1 heterocycles. The van der Waals surface area contributed by atoms with Crippen LogP contribution in [0.3, 0.4) is 0 Å². The van der Waals surface area contributed by atoms with Crippen molar-refractivity contribution < 1.29 is 4.79 Å². The van der Waals surface area contributed by atoms with E-state index in [0.29, 0.717) is 13.0 Å². The van der Waals surface area contributed by atoms with E-state index in [1.54, 1.807) is 0 Å². The van der Waals surface area contributed by atoms with Crippen LogP contribution in [0.1, 0.15) is 44.1 Å². The molecule has 1 aliphatic carbocycles. The second-order valence-electron chi connectivity index (χ2n) is 6.41. The van der Waals surface area contributed by atoms with E-state index in [1.807, 2.05) is 18.2 Å². The van der Waals surface area contributed by atoms with E-state index in [0.717, 1.165) is 30.7 Å². The van der Waals surface area contributed by atoms with Gasteiger partial charge in [-0.05, 0) is 30.9 Å². The van der Waals surface area contributed by atoms with Gasteiger partial charge in [0.2, 0.25) is 5.91 Å². The topological polar surface area (TPSA) is 65.5 Å². The predicted octanol–water partition coefficient (Wildman–Crippen LogP) is 2.47. The first kappa shape index (κ1) is 15.8. The Hall–Kier alpha value is -2.04. The van der Waals surface area contributed by atoms with E-state index >= 15 is 0 Å². The second kappa shape index (κ2) is 7.49. The molecule has 1 aliphatic heterocycles. The minimum atomic E-state index is 0.0793. The third-order valence-corrected chi connectivity index (χ3v) is 4.46. The summed E-state index contributed by atoms with van der Waals surface area (Å²) in [5.41, 5.74) is 2.11. The lowest BCUT2D eigenvalue weighted by molar-refractivity contribution is -0.116. The molecule has 1 amide bonds. The molecular weight excluding hydrogens is 288 g/mol. The fourth-order valence-electron chi connectivity index (χ4n) is 3.01. The van der Waals surface area contributed by atoms with Gasteiger partial charge >= 0.3 is 0 Å². The molecule has 1 fully saturated rings. The minimum Gasteiger partial charge on any atom is -0.357 e. The summed E-state index contributed by atoms with van der Waals surface area (Å²) in [4.78, 5) is 16.6. The maximum absolute atomic E-state index is 11.9. The van der Waals surface area contributed by atoms with Crippen LogP contribution in [0, 0.1) is 5.92 Å². The van der Waals surface area contributed by atoms with Crippen LogP contribution in [0.25, 0.3) is 0 Å². The number of carbonyl (C=O) groups excluding carboxylic acids is 1. The lowest BCUT2D eigenvalue weighted by atomic mass is 9.91. The Labute approximate surface area is 138 Å². The van der Waals surface area contributed by atoms with E-state index in [4.69, 9.17) is 4.99 Å². The molecule has 0 spiro atoms. The average molecular weight is 314 g/mol. The van der Waals surface area contributed by atoms with Crippen molar-refractivity contribution in [2.24, 2.45) is 10.9 Å². The molecule has 0 bridgehead atoms. The normalized spacial score (nSPS) is 20.7. The van der Waals surface area contributed by atoms with Crippen LogP contribution in [-0.2, 0) is 4.79 Å². The molecule has 5 nitrogen and oxygen atoms in total. The molecule has 5 heteroatoms. The number of hydrogen-bond donors (Lipinski definition) is 3. The first-order valence-electron chi connectivity index (χ1n) is 8.67. The van der Waals surface area contributed by atoms with Gasteiger partial charge in [-0.25, -0.2) is 0 Å². The van der Waals surface area contributed by atoms with Crippen molar-refractivity contribution in [2.75, 3.05) is 25.0 Å². The minimum absolute atomic E-state index is 0.0793. The average Bonchev–Trinajstić information content (AvgIpc) is 3.36. The summed E-state index contributed by atoms with van der Waals surface area (Å²) >= 11 is 0. The molecule has 0 radical (unpaired) electrons. The van der Waals surface area contributed by atoms with Crippen molar-refractivity contribution in [1.29, 1.82) is 0 Å². The number of aliphatic imine (C=N–C) groups is 1. The lowest BCUT2D eigenvalue weighted by Gasteiger charge is -2.24. The molecule has 0 aromatic heterocycles. The number of benzene rings is 1. The van der Waals surface area contributed by atoms with Crippen molar-refractivity contribution in [3.05, 3.63) is 29.8 Å². The molecule has 1 saturated carbocycles. The van der Waals surface area contributed by atoms with Crippen molar-refractivity contribution in [2.45, 2.75) is 38.5 Å². The molecule has 124 valence electrons. The van der Waals surface area contributed by atoms with Gasteiger partial charge in [0.05, 0.1) is 6.54 Å². The molecule has 1 aromatic rings. The van der Waals surface area contributed by atoms with E-state index < -0.39 is 0 Å². The molecule has 1 unspecified atom stereocenters. The predicted molar refractivity (Wildman–Crippen MR) is 93.8 cm³/mol.